The number of aliphatic carboxylic acids is 1. The second-order valence-electron chi connectivity index (χ2n) is 20.9. The topological polar surface area (TPSA) is 108 Å². The quantitative estimate of drug-likeness (QED) is 0.0211. The average molecular weight is 1070 g/mol. The van der Waals surface area contributed by atoms with Crippen molar-refractivity contribution in [3.8, 4) is 0 Å². The van der Waals surface area contributed by atoms with E-state index >= 15 is 0 Å². The van der Waals surface area contributed by atoms with Gasteiger partial charge in [0.25, 0.3) is 6.29 Å². The number of carbonyl (C=O) groups is 3. The Morgan fingerprint density at radius 1 is 0.403 bits per heavy atom. The highest BCUT2D eigenvalue weighted by atomic mass is 16.7. The summed E-state index contributed by atoms with van der Waals surface area (Å²) in [6, 6.07) is 0. The summed E-state index contributed by atoms with van der Waals surface area (Å²) in [5.41, 5.74) is 0. The van der Waals surface area contributed by atoms with Gasteiger partial charge >= 0.3 is 17.9 Å². The van der Waals surface area contributed by atoms with Gasteiger partial charge in [-0.15, -0.1) is 0 Å². The Morgan fingerprint density at radius 3 is 1.10 bits per heavy atom. The van der Waals surface area contributed by atoms with Crippen LogP contribution in [0.15, 0.2) is 134 Å². The zero-order valence-corrected chi connectivity index (χ0v) is 49.6. The molecule has 2 atom stereocenters. The molecule has 0 heterocycles. The summed E-state index contributed by atoms with van der Waals surface area (Å²) in [6.45, 7) is 4.71. The van der Waals surface area contributed by atoms with Gasteiger partial charge in [0, 0.05) is 12.8 Å². The highest BCUT2D eigenvalue weighted by Crippen LogP contribution is 2.15. The molecule has 0 rings (SSSR count). The van der Waals surface area contributed by atoms with Gasteiger partial charge in [0.05, 0.1) is 34.4 Å². The largest absolute Gasteiger partial charge is 0.477 e. The lowest BCUT2D eigenvalue weighted by Crippen LogP contribution is -2.40. The van der Waals surface area contributed by atoms with E-state index in [4.69, 9.17) is 18.9 Å². The summed E-state index contributed by atoms with van der Waals surface area (Å²) in [5.74, 6) is -2.06. The minimum atomic E-state index is -1.53. The summed E-state index contributed by atoms with van der Waals surface area (Å²) in [7, 11) is 5.95. The number of hydrogen-bond acceptors (Lipinski definition) is 7. The van der Waals surface area contributed by atoms with E-state index in [9.17, 15) is 19.5 Å². The van der Waals surface area contributed by atoms with Crippen LogP contribution < -0.4 is 0 Å². The number of carboxylic acid groups (broad SMARTS) is 1. The minimum Gasteiger partial charge on any atom is -0.477 e. The third-order valence-electron chi connectivity index (χ3n) is 12.4. The second kappa shape index (κ2) is 57.6. The first-order valence-corrected chi connectivity index (χ1v) is 30.3. The summed E-state index contributed by atoms with van der Waals surface area (Å²) in [6.07, 6.45) is 79.7. The molecule has 0 amide bonds. The molecular formula is C68H112NO8+. The third-order valence-corrected chi connectivity index (χ3v) is 12.4. The molecule has 77 heavy (non-hydrogen) atoms. The van der Waals surface area contributed by atoms with Crippen molar-refractivity contribution in [2.45, 2.75) is 232 Å². The summed E-state index contributed by atoms with van der Waals surface area (Å²) < 4.78 is 22.8. The van der Waals surface area contributed by atoms with E-state index < -0.39 is 24.3 Å². The molecule has 0 spiro atoms. The van der Waals surface area contributed by atoms with Gasteiger partial charge in [-0.2, -0.15) is 0 Å². The van der Waals surface area contributed by atoms with E-state index in [0.29, 0.717) is 23.9 Å². The van der Waals surface area contributed by atoms with Gasteiger partial charge in [0.1, 0.15) is 13.2 Å². The maximum Gasteiger partial charge on any atom is 0.361 e. The van der Waals surface area contributed by atoms with Crippen LogP contribution in [-0.2, 0) is 33.3 Å². The number of ether oxygens (including phenoxy) is 4. The first kappa shape index (κ1) is 72.4. The maximum absolute atomic E-state index is 12.9. The molecule has 0 saturated carbocycles. The molecule has 0 saturated heterocycles. The van der Waals surface area contributed by atoms with Crippen molar-refractivity contribution in [1.82, 2.24) is 0 Å². The summed E-state index contributed by atoms with van der Waals surface area (Å²) in [4.78, 5) is 37.4. The molecule has 0 aliphatic heterocycles. The first-order chi connectivity index (χ1) is 37.6. The highest BCUT2D eigenvalue weighted by molar-refractivity contribution is 5.71. The number of likely N-dealkylation sites (N-methyl/N-ethyl adjacent to an activating group) is 1. The number of quaternary nitrogens is 1. The lowest BCUT2D eigenvalue weighted by Gasteiger charge is -2.25. The molecule has 9 heteroatoms. The molecule has 0 aliphatic rings. The summed E-state index contributed by atoms with van der Waals surface area (Å²) in [5, 5.41) is 9.70. The van der Waals surface area contributed by atoms with Crippen LogP contribution in [0.2, 0.25) is 0 Å². The van der Waals surface area contributed by atoms with Crippen LogP contribution in [0.3, 0.4) is 0 Å². The van der Waals surface area contributed by atoms with Gasteiger partial charge < -0.3 is 28.5 Å². The van der Waals surface area contributed by atoms with Crippen LogP contribution in [0.25, 0.3) is 0 Å². The molecule has 0 fully saturated rings. The minimum absolute atomic E-state index is 0.175. The van der Waals surface area contributed by atoms with E-state index in [2.05, 4.69) is 148 Å². The number of nitrogens with zero attached hydrogens (tertiary/aromatic N) is 1. The smallest absolute Gasteiger partial charge is 0.361 e. The normalized spacial score (nSPS) is 13.7. The van der Waals surface area contributed by atoms with Gasteiger partial charge in [0.15, 0.2) is 6.10 Å². The van der Waals surface area contributed by atoms with E-state index in [-0.39, 0.29) is 32.2 Å². The fourth-order valence-corrected chi connectivity index (χ4v) is 7.78. The summed E-state index contributed by atoms with van der Waals surface area (Å²) >= 11 is 0. The Kier molecular flexibility index (Phi) is 54.2. The van der Waals surface area contributed by atoms with E-state index in [0.717, 1.165) is 109 Å². The van der Waals surface area contributed by atoms with Crippen LogP contribution in [0.4, 0.5) is 0 Å². The van der Waals surface area contributed by atoms with Crippen molar-refractivity contribution in [1.29, 1.82) is 0 Å². The van der Waals surface area contributed by atoms with Gasteiger partial charge in [0.2, 0.25) is 0 Å². The third kappa shape index (κ3) is 58.9. The molecule has 1 N–H and O–H groups in total. The van der Waals surface area contributed by atoms with Crippen LogP contribution in [0.5, 0.6) is 0 Å². The first-order valence-electron chi connectivity index (χ1n) is 30.3. The van der Waals surface area contributed by atoms with Crippen LogP contribution >= 0.6 is 0 Å². The molecular weight excluding hydrogens is 959 g/mol. The predicted octanol–water partition coefficient (Wildman–Crippen LogP) is 18.2. The molecule has 0 aromatic rings. The Labute approximate surface area is 471 Å². The Morgan fingerprint density at radius 2 is 0.740 bits per heavy atom. The molecule has 9 nitrogen and oxygen atoms in total. The van der Waals surface area contributed by atoms with Gasteiger partial charge in [-0.25, -0.2) is 4.79 Å². The lowest BCUT2D eigenvalue weighted by molar-refractivity contribution is -0.870. The number of carboxylic acids is 1. The fourth-order valence-electron chi connectivity index (χ4n) is 7.78. The van der Waals surface area contributed by atoms with Crippen LogP contribution in [0, 0.1) is 0 Å². The number of allylic oxidation sites excluding steroid dienone is 22. The van der Waals surface area contributed by atoms with E-state index in [1.807, 2.05) is 21.1 Å². The Hall–Kier alpha value is -4.57. The van der Waals surface area contributed by atoms with Gasteiger partial charge in [-0.05, 0) is 96.3 Å². The molecule has 0 aromatic heterocycles. The number of rotatable bonds is 54. The monoisotopic (exact) mass is 1070 g/mol. The predicted molar refractivity (Wildman–Crippen MR) is 327 cm³/mol. The van der Waals surface area contributed by atoms with Crippen molar-refractivity contribution in [2.24, 2.45) is 0 Å². The van der Waals surface area contributed by atoms with Gasteiger partial charge in [-0.1, -0.05) is 244 Å². The molecule has 0 radical (unpaired) electrons. The number of esters is 2. The fraction of sp³-hybridized carbons (Fsp3) is 0.632. The molecule has 2 unspecified atom stereocenters. The molecule has 436 valence electrons. The average Bonchev–Trinajstić information content (AvgIpc) is 3.40. The maximum atomic E-state index is 12.9. The van der Waals surface area contributed by atoms with Crippen LogP contribution in [0.1, 0.15) is 219 Å². The number of unbranched alkanes of at least 4 members (excludes halogenated alkanes) is 17. The van der Waals surface area contributed by atoms with Crippen molar-refractivity contribution in [2.75, 3.05) is 47.5 Å². The lowest BCUT2D eigenvalue weighted by atomic mass is 10.0. The zero-order valence-electron chi connectivity index (χ0n) is 49.6. The SMILES string of the molecule is CC/C=C\C/C=C\C/C=C\C/C=C\C/C=C\C/C=C\C/C=C\C/C=C\C/C=C\C/C=C\C/C=C\CCCCCC(=O)OC(COC(=O)CCCCCCCCCCCCCCCCC)COC(OCC[N+](C)(C)C)C(=O)O. The van der Waals surface area contributed by atoms with E-state index in [1.54, 1.807) is 0 Å². The zero-order chi connectivity index (χ0) is 56.2. The van der Waals surface area contributed by atoms with E-state index in [1.165, 1.54) is 77.0 Å². The molecule has 0 aliphatic carbocycles. The molecule has 0 bridgehead atoms. The van der Waals surface area contributed by atoms with Crippen LogP contribution in [-0.4, -0.2) is 87.4 Å². The van der Waals surface area contributed by atoms with Crippen molar-refractivity contribution >= 4 is 17.9 Å². The Bertz CT molecular complexity index is 1720. The number of carbonyl (C=O) groups excluding carboxylic acids is 2. The van der Waals surface area contributed by atoms with Crippen molar-refractivity contribution in [3.63, 3.8) is 0 Å². The highest BCUT2D eigenvalue weighted by Gasteiger charge is 2.25. The standard InChI is InChI=1S/C68H111NO8/c1-6-8-10-12-14-16-18-20-22-23-24-25-26-27-28-29-30-31-32-33-34-35-36-37-38-39-40-41-42-43-45-47-49-51-53-55-57-59-66(71)77-64(63-76-68(67(72)73)74-61-60-69(3,4)5)62-75-65(70)58-56-54-52-50-48-46-44-21-19-17-15-13-11-9-7-2/h8,10,14,16,20,22,24-25,27-28,30-31,33-34,36-37,39-40,42-43,47,49,64,68H,6-7,9,11-13,15,17-19,21,23,26,29,32,35,38,41,44-46,48,50-63H2,1-5H3/p+1/b10-8-,16-14-,22-20-,25-24-,28-27-,31-30-,34-33-,37-36-,40-39-,43-42-,49-47-. The second-order valence-corrected chi connectivity index (χ2v) is 20.9. The Balaban J connectivity index is 4.29. The van der Waals surface area contributed by atoms with Crippen molar-refractivity contribution in [3.05, 3.63) is 134 Å². The van der Waals surface area contributed by atoms with Crippen molar-refractivity contribution < 1.29 is 42.9 Å². The number of hydrogen-bond donors (Lipinski definition) is 1. The van der Waals surface area contributed by atoms with Gasteiger partial charge in [-0.3, -0.25) is 9.59 Å². The molecule has 0 aromatic carbocycles.